The SMILES string of the molecule is O=C(CN1C(=O)COc2cccnc21)N1CC=C(c2ccc(F)cc2)CC1. The smallest absolute Gasteiger partial charge is 0.266 e. The highest BCUT2D eigenvalue weighted by Crippen LogP contribution is 2.29. The summed E-state index contributed by atoms with van der Waals surface area (Å²) in [5, 5.41) is 0. The standard InChI is InChI=1S/C20H18FN3O3/c21-16-5-3-14(4-6-16)15-7-10-23(11-8-15)18(25)12-24-19(26)13-27-17-2-1-9-22-20(17)24/h1-7,9H,8,10-13H2. The van der Waals surface area contributed by atoms with Gasteiger partial charge in [0, 0.05) is 19.3 Å². The van der Waals surface area contributed by atoms with Crippen molar-refractivity contribution in [2.24, 2.45) is 0 Å². The Morgan fingerprint density at radius 1 is 1.22 bits per heavy atom. The van der Waals surface area contributed by atoms with Gasteiger partial charge in [-0.2, -0.15) is 0 Å². The molecule has 27 heavy (non-hydrogen) atoms. The van der Waals surface area contributed by atoms with Crippen LogP contribution in [0.2, 0.25) is 0 Å². The fourth-order valence-corrected chi connectivity index (χ4v) is 3.25. The number of anilines is 1. The van der Waals surface area contributed by atoms with E-state index < -0.39 is 0 Å². The molecular weight excluding hydrogens is 349 g/mol. The second-order valence-electron chi connectivity index (χ2n) is 6.42. The molecule has 2 aliphatic heterocycles. The number of halogens is 1. The summed E-state index contributed by atoms with van der Waals surface area (Å²) in [5.74, 6) is 0.185. The van der Waals surface area contributed by atoms with Crippen LogP contribution in [0.4, 0.5) is 10.2 Å². The molecule has 7 heteroatoms. The van der Waals surface area contributed by atoms with E-state index in [0.29, 0.717) is 31.1 Å². The average Bonchev–Trinajstić information content (AvgIpc) is 2.71. The van der Waals surface area contributed by atoms with Gasteiger partial charge in [-0.25, -0.2) is 9.37 Å². The van der Waals surface area contributed by atoms with E-state index in [9.17, 15) is 14.0 Å². The first-order valence-corrected chi connectivity index (χ1v) is 8.73. The van der Waals surface area contributed by atoms with Gasteiger partial charge in [-0.15, -0.1) is 0 Å². The molecule has 6 nitrogen and oxygen atoms in total. The number of aromatic nitrogens is 1. The van der Waals surface area contributed by atoms with Gasteiger partial charge in [0.05, 0.1) is 0 Å². The summed E-state index contributed by atoms with van der Waals surface area (Å²) in [6.45, 7) is 0.849. The lowest BCUT2D eigenvalue weighted by Crippen LogP contribution is -2.47. The minimum atomic E-state index is -0.283. The predicted molar refractivity (Wildman–Crippen MR) is 97.7 cm³/mol. The number of ether oxygens (including phenoxy) is 1. The van der Waals surface area contributed by atoms with Crippen LogP contribution in [0.25, 0.3) is 5.57 Å². The monoisotopic (exact) mass is 367 g/mol. The van der Waals surface area contributed by atoms with E-state index in [1.807, 2.05) is 6.08 Å². The van der Waals surface area contributed by atoms with E-state index in [4.69, 9.17) is 4.74 Å². The van der Waals surface area contributed by atoms with Gasteiger partial charge in [0.1, 0.15) is 12.4 Å². The van der Waals surface area contributed by atoms with Gasteiger partial charge in [0.15, 0.2) is 18.2 Å². The van der Waals surface area contributed by atoms with Gasteiger partial charge in [0.2, 0.25) is 5.91 Å². The quantitative estimate of drug-likeness (QED) is 0.835. The van der Waals surface area contributed by atoms with Crippen LogP contribution in [0, 0.1) is 5.82 Å². The first kappa shape index (κ1) is 17.2. The summed E-state index contributed by atoms with van der Waals surface area (Å²) in [6, 6.07) is 9.80. The molecule has 3 heterocycles. The Hall–Kier alpha value is -3.22. The van der Waals surface area contributed by atoms with Crippen molar-refractivity contribution in [1.29, 1.82) is 0 Å². The molecule has 0 unspecified atom stereocenters. The molecule has 0 saturated carbocycles. The molecule has 2 aliphatic rings. The first-order valence-electron chi connectivity index (χ1n) is 8.73. The summed E-state index contributed by atoms with van der Waals surface area (Å²) in [5.41, 5.74) is 2.05. The maximum Gasteiger partial charge on any atom is 0.266 e. The molecule has 1 aromatic heterocycles. The van der Waals surface area contributed by atoms with E-state index in [1.54, 1.807) is 35.4 Å². The molecule has 0 fully saturated rings. The zero-order valence-electron chi connectivity index (χ0n) is 14.6. The molecular formula is C20H18FN3O3. The van der Waals surface area contributed by atoms with Gasteiger partial charge in [-0.1, -0.05) is 18.2 Å². The number of rotatable bonds is 3. The summed E-state index contributed by atoms with van der Waals surface area (Å²) in [6.07, 6.45) is 4.22. The largest absolute Gasteiger partial charge is 0.480 e. The lowest BCUT2D eigenvalue weighted by molar-refractivity contribution is -0.131. The Kier molecular flexibility index (Phi) is 4.58. The Balaban J connectivity index is 1.44. The van der Waals surface area contributed by atoms with Crippen molar-refractivity contribution < 1.29 is 18.7 Å². The van der Waals surface area contributed by atoms with Crippen LogP contribution in [0.1, 0.15) is 12.0 Å². The van der Waals surface area contributed by atoms with Crippen LogP contribution in [0.5, 0.6) is 5.75 Å². The second-order valence-corrected chi connectivity index (χ2v) is 6.42. The number of carbonyl (C=O) groups is 2. The van der Waals surface area contributed by atoms with Crippen LogP contribution in [-0.4, -0.2) is 47.9 Å². The fourth-order valence-electron chi connectivity index (χ4n) is 3.25. The van der Waals surface area contributed by atoms with E-state index in [0.717, 1.165) is 11.1 Å². The summed E-state index contributed by atoms with van der Waals surface area (Å²) in [7, 11) is 0. The number of carbonyl (C=O) groups excluding carboxylic acids is 2. The zero-order chi connectivity index (χ0) is 18.8. The average molecular weight is 367 g/mol. The minimum Gasteiger partial charge on any atom is -0.480 e. The highest BCUT2D eigenvalue weighted by atomic mass is 19.1. The number of benzene rings is 1. The summed E-state index contributed by atoms with van der Waals surface area (Å²) >= 11 is 0. The molecule has 0 spiro atoms. The van der Waals surface area contributed by atoms with Crippen LogP contribution in [-0.2, 0) is 9.59 Å². The normalized spacial score (nSPS) is 16.5. The van der Waals surface area contributed by atoms with Crippen LogP contribution < -0.4 is 9.64 Å². The van der Waals surface area contributed by atoms with E-state index in [1.165, 1.54) is 17.0 Å². The van der Waals surface area contributed by atoms with Crippen molar-refractivity contribution in [2.75, 3.05) is 31.1 Å². The minimum absolute atomic E-state index is 0.0636. The third-order valence-corrected chi connectivity index (χ3v) is 4.73. The van der Waals surface area contributed by atoms with Crippen molar-refractivity contribution in [3.63, 3.8) is 0 Å². The molecule has 2 amide bonds. The van der Waals surface area contributed by atoms with E-state index in [2.05, 4.69) is 4.98 Å². The lowest BCUT2D eigenvalue weighted by atomic mass is 9.99. The number of amides is 2. The highest BCUT2D eigenvalue weighted by Gasteiger charge is 2.30. The van der Waals surface area contributed by atoms with Gasteiger partial charge < -0.3 is 9.64 Å². The number of hydrogen-bond acceptors (Lipinski definition) is 4. The number of fused-ring (bicyclic) bond motifs is 1. The number of pyridine rings is 1. The van der Waals surface area contributed by atoms with Crippen LogP contribution >= 0.6 is 0 Å². The Morgan fingerprint density at radius 2 is 2.04 bits per heavy atom. The molecule has 4 rings (SSSR count). The van der Waals surface area contributed by atoms with Crippen molar-refractivity contribution in [3.8, 4) is 5.75 Å². The molecule has 0 N–H and O–H groups in total. The Labute approximate surface area is 155 Å². The molecule has 0 atom stereocenters. The highest BCUT2D eigenvalue weighted by molar-refractivity contribution is 6.01. The second kappa shape index (κ2) is 7.19. The molecule has 0 aliphatic carbocycles. The Bertz CT molecular complexity index is 911. The van der Waals surface area contributed by atoms with Crippen LogP contribution in [0.3, 0.4) is 0 Å². The molecule has 138 valence electrons. The topological polar surface area (TPSA) is 62.7 Å². The summed E-state index contributed by atoms with van der Waals surface area (Å²) < 4.78 is 18.4. The zero-order valence-corrected chi connectivity index (χ0v) is 14.6. The maximum absolute atomic E-state index is 13.1. The number of nitrogens with zero attached hydrogens (tertiary/aromatic N) is 3. The van der Waals surface area contributed by atoms with Gasteiger partial charge in [-0.05, 0) is 41.8 Å². The third kappa shape index (κ3) is 3.53. The van der Waals surface area contributed by atoms with Crippen LogP contribution in [0.15, 0.2) is 48.7 Å². The van der Waals surface area contributed by atoms with Crippen molar-refractivity contribution in [2.45, 2.75) is 6.42 Å². The van der Waals surface area contributed by atoms with Crippen molar-refractivity contribution >= 4 is 23.2 Å². The van der Waals surface area contributed by atoms with Crippen molar-refractivity contribution in [3.05, 3.63) is 60.1 Å². The maximum atomic E-state index is 13.1. The van der Waals surface area contributed by atoms with E-state index in [-0.39, 0.29) is 30.8 Å². The third-order valence-electron chi connectivity index (χ3n) is 4.73. The Morgan fingerprint density at radius 3 is 2.78 bits per heavy atom. The van der Waals surface area contributed by atoms with Gasteiger partial charge in [0.25, 0.3) is 5.91 Å². The molecule has 0 bridgehead atoms. The van der Waals surface area contributed by atoms with Gasteiger partial charge >= 0.3 is 0 Å². The van der Waals surface area contributed by atoms with Crippen molar-refractivity contribution in [1.82, 2.24) is 9.88 Å². The lowest BCUT2D eigenvalue weighted by Gasteiger charge is -2.31. The first-order chi connectivity index (χ1) is 13.1. The molecule has 0 radical (unpaired) electrons. The number of hydrogen-bond donors (Lipinski definition) is 0. The fraction of sp³-hybridized carbons (Fsp3) is 0.250. The van der Waals surface area contributed by atoms with Gasteiger partial charge in [-0.3, -0.25) is 14.5 Å². The molecule has 1 aromatic carbocycles. The summed E-state index contributed by atoms with van der Waals surface area (Å²) in [4.78, 5) is 32.1. The molecule has 0 saturated heterocycles. The molecule has 2 aromatic rings. The predicted octanol–water partition coefficient (Wildman–Crippen LogP) is 2.26. The van der Waals surface area contributed by atoms with E-state index >= 15 is 0 Å².